The Morgan fingerprint density at radius 2 is 2.08 bits per heavy atom. The van der Waals surface area contributed by atoms with Crippen LogP contribution in [0.15, 0.2) is 4.79 Å². The lowest BCUT2D eigenvalue weighted by Gasteiger charge is -2.19. The molecule has 1 N–H and O–H groups in total. The zero-order valence-corrected chi connectivity index (χ0v) is 15.5. The van der Waals surface area contributed by atoms with Crippen molar-refractivity contribution in [2.75, 3.05) is 6.54 Å². The molecule has 0 bridgehead atoms. The number of aliphatic carboxylic acids is 1. The SMILES string of the molecule is Cc1c(C(=O)N(CC(=O)O)C2CC2)sc2nc3n(c(=O)c12)CCCCC3. The minimum atomic E-state index is -1.02. The van der Waals surface area contributed by atoms with E-state index >= 15 is 0 Å². The maximum absolute atomic E-state index is 13.0. The molecule has 0 atom stereocenters. The molecule has 2 aromatic rings. The molecule has 138 valence electrons. The van der Waals surface area contributed by atoms with E-state index < -0.39 is 5.97 Å². The third-order valence-electron chi connectivity index (χ3n) is 5.16. The number of aromatic nitrogens is 2. The molecule has 2 aliphatic rings. The number of hydrogen-bond acceptors (Lipinski definition) is 5. The zero-order chi connectivity index (χ0) is 18.4. The highest BCUT2D eigenvalue weighted by molar-refractivity contribution is 7.20. The Hall–Kier alpha value is -2.22. The Balaban J connectivity index is 1.80. The summed E-state index contributed by atoms with van der Waals surface area (Å²) in [6, 6.07) is -0.00557. The normalized spacial score (nSPS) is 17.0. The summed E-state index contributed by atoms with van der Waals surface area (Å²) in [7, 11) is 0. The van der Waals surface area contributed by atoms with Gasteiger partial charge in [-0.2, -0.15) is 0 Å². The van der Waals surface area contributed by atoms with Gasteiger partial charge in [-0.05, 0) is 38.2 Å². The Morgan fingerprint density at radius 1 is 1.31 bits per heavy atom. The number of carboxylic acid groups (broad SMARTS) is 1. The van der Waals surface area contributed by atoms with Gasteiger partial charge in [-0.25, -0.2) is 4.98 Å². The summed E-state index contributed by atoms with van der Waals surface area (Å²) in [6.45, 7) is 2.13. The molecule has 0 spiro atoms. The number of hydrogen-bond donors (Lipinski definition) is 1. The lowest BCUT2D eigenvalue weighted by atomic mass is 10.2. The van der Waals surface area contributed by atoms with E-state index in [0.717, 1.165) is 44.3 Å². The van der Waals surface area contributed by atoms with Gasteiger partial charge in [0, 0.05) is 19.0 Å². The van der Waals surface area contributed by atoms with E-state index in [-0.39, 0.29) is 24.1 Å². The summed E-state index contributed by atoms with van der Waals surface area (Å²) in [6.07, 6.45) is 5.50. The lowest BCUT2D eigenvalue weighted by molar-refractivity contribution is -0.137. The molecule has 0 radical (unpaired) electrons. The first kappa shape index (κ1) is 17.2. The molecular formula is C18H21N3O4S. The van der Waals surface area contributed by atoms with E-state index in [1.54, 1.807) is 11.5 Å². The maximum Gasteiger partial charge on any atom is 0.323 e. The van der Waals surface area contributed by atoms with Crippen molar-refractivity contribution in [2.45, 2.75) is 58.0 Å². The number of carboxylic acids is 1. The van der Waals surface area contributed by atoms with Gasteiger partial charge in [-0.15, -0.1) is 11.3 Å². The van der Waals surface area contributed by atoms with Crippen LogP contribution in [0.4, 0.5) is 0 Å². The van der Waals surface area contributed by atoms with Gasteiger partial charge >= 0.3 is 5.97 Å². The molecule has 3 heterocycles. The fourth-order valence-electron chi connectivity index (χ4n) is 3.64. The summed E-state index contributed by atoms with van der Waals surface area (Å²) < 4.78 is 1.75. The standard InChI is InChI=1S/C18H21N3O4S/c1-10-14-16(19-12-5-3-2-4-8-20(12)17(14)24)26-15(10)18(25)21(9-13(22)23)11-6-7-11/h11H,2-9H2,1H3,(H,22,23). The van der Waals surface area contributed by atoms with Gasteiger partial charge in [0.05, 0.1) is 10.3 Å². The number of amides is 1. The molecule has 2 aromatic heterocycles. The van der Waals surface area contributed by atoms with Gasteiger partial charge in [-0.1, -0.05) is 6.42 Å². The number of carbonyl (C=O) groups is 2. The van der Waals surface area contributed by atoms with E-state index in [2.05, 4.69) is 4.98 Å². The predicted octanol–water partition coefficient (Wildman–Crippen LogP) is 2.18. The predicted molar refractivity (Wildman–Crippen MR) is 97.9 cm³/mol. The molecule has 1 fully saturated rings. The number of fused-ring (bicyclic) bond motifs is 2. The number of rotatable bonds is 4. The molecule has 8 heteroatoms. The lowest BCUT2D eigenvalue weighted by Crippen LogP contribution is -2.37. The van der Waals surface area contributed by atoms with Crippen molar-refractivity contribution in [2.24, 2.45) is 0 Å². The monoisotopic (exact) mass is 375 g/mol. The second kappa shape index (κ2) is 6.50. The van der Waals surface area contributed by atoms with Crippen LogP contribution in [0.5, 0.6) is 0 Å². The van der Waals surface area contributed by atoms with E-state index in [1.165, 1.54) is 16.2 Å². The van der Waals surface area contributed by atoms with Crippen LogP contribution in [0.25, 0.3) is 10.2 Å². The largest absolute Gasteiger partial charge is 0.480 e. The van der Waals surface area contributed by atoms with Crippen LogP contribution in [0.2, 0.25) is 0 Å². The summed E-state index contributed by atoms with van der Waals surface area (Å²) in [5, 5.41) is 9.63. The van der Waals surface area contributed by atoms with Gasteiger partial charge in [0.2, 0.25) is 0 Å². The zero-order valence-electron chi connectivity index (χ0n) is 14.7. The summed E-state index contributed by atoms with van der Waals surface area (Å²) in [5.41, 5.74) is 0.555. The second-order valence-corrected chi connectivity index (χ2v) is 8.09. The van der Waals surface area contributed by atoms with Crippen LogP contribution < -0.4 is 5.56 Å². The molecule has 0 aromatic carbocycles. The number of thiophene rings is 1. The van der Waals surface area contributed by atoms with Gasteiger partial charge in [0.1, 0.15) is 17.2 Å². The molecule has 7 nitrogen and oxygen atoms in total. The van der Waals surface area contributed by atoms with E-state index in [4.69, 9.17) is 5.11 Å². The highest BCUT2D eigenvalue weighted by Crippen LogP contribution is 2.33. The molecule has 1 aliphatic heterocycles. The molecule has 1 saturated carbocycles. The van der Waals surface area contributed by atoms with Gasteiger partial charge in [0.15, 0.2) is 0 Å². The quantitative estimate of drug-likeness (QED) is 0.884. The van der Waals surface area contributed by atoms with Gasteiger partial charge in [-0.3, -0.25) is 19.0 Å². The first-order chi connectivity index (χ1) is 12.5. The van der Waals surface area contributed by atoms with Crippen molar-refractivity contribution >= 4 is 33.4 Å². The van der Waals surface area contributed by atoms with Crippen LogP contribution >= 0.6 is 11.3 Å². The van der Waals surface area contributed by atoms with Crippen molar-refractivity contribution in [1.29, 1.82) is 0 Å². The van der Waals surface area contributed by atoms with Crippen molar-refractivity contribution in [3.8, 4) is 0 Å². The molecule has 1 amide bonds. The average Bonchev–Trinajstić information content (AvgIpc) is 3.39. The Morgan fingerprint density at radius 3 is 2.77 bits per heavy atom. The summed E-state index contributed by atoms with van der Waals surface area (Å²) in [4.78, 5) is 44.2. The topological polar surface area (TPSA) is 92.5 Å². The van der Waals surface area contributed by atoms with E-state index in [0.29, 0.717) is 27.2 Å². The fourth-order valence-corrected chi connectivity index (χ4v) is 4.79. The van der Waals surface area contributed by atoms with Gasteiger partial charge < -0.3 is 10.0 Å². The highest BCUT2D eigenvalue weighted by atomic mass is 32.1. The molecule has 0 unspecified atom stereocenters. The van der Waals surface area contributed by atoms with Crippen molar-refractivity contribution in [3.63, 3.8) is 0 Å². The van der Waals surface area contributed by atoms with Gasteiger partial charge in [0.25, 0.3) is 11.5 Å². The molecule has 26 heavy (non-hydrogen) atoms. The number of aryl methyl sites for hydroxylation is 2. The van der Waals surface area contributed by atoms with Crippen LogP contribution in [0.3, 0.4) is 0 Å². The minimum absolute atomic E-state index is 0.00557. The summed E-state index contributed by atoms with van der Waals surface area (Å²) >= 11 is 1.22. The maximum atomic E-state index is 13.0. The van der Waals surface area contributed by atoms with E-state index in [1.807, 2.05) is 0 Å². The number of nitrogens with zero attached hydrogens (tertiary/aromatic N) is 3. The van der Waals surface area contributed by atoms with Crippen molar-refractivity contribution < 1.29 is 14.7 Å². The Labute approximate surface area is 154 Å². The van der Waals surface area contributed by atoms with Crippen LogP contribution in [0.1, 0.15) is 53.2 Å². The smallest absolute Gasteiger partial charge is 0.323 e. The first-order valence-electron chi connectivity index (χ1n) is 9.03. The highest BCUT2D eigenvalue weighted by Gasteiger charge is 2.36. The molecular weight excluding hydrogens is 354 g/mol. The molecule has 1 aliphatic carbocycles. The third kappa shape index (κ3) is 2.92. The van der Waals surface area contributed by atoms with Crippen molar-refractivity contribution in [3.05, 3.63) is 26.6 Å². The Bertz CT molecular complexity index is 957. The minimum Gasteiger partial charge on any atom is -0.480 e. The van der Waals surface area contributed by atoms with Crippen LogP contribution in [-0.4, -0.2) is 44.0 Å². The summed E-state index contributed by atoms with van der Waals surface area (Å²) in [5.74, 6) is -0.520. The van der Waals surface area contributed by atoms with Crippen LogP contribution in [0, 0.1) is 6.92 Å². The van der Waals surface area contributed by atoms with E-state index in [9.17, 15) is 14.4 Å². The number of carbonyl (C=O) groups excluding carboxylic acids is 1. The van der Waals surface area contributed by atoms with Crippen LogP contribution in [-0.2, 0) is 17.8 Å². The average molecular weight is 375 g/mol. The fraction of sp³-hybridized carbons (Fsp3) is 0.556. The second-order valence-electron chi connectivity index (χ2n) is 7.09. The molecule has 4 rings (SSSR count). The third-order valence-corrected chi connectivity index (χ3v) is 6.33. The Kier molecular flexibility index (Phi) is 4.30. The van der Waals surface area contributed by atoms with Crippen molar-refractivity contribution in [1.82, 2.24) is 14.5 Å². The first-order valence-corrected chi connectivity index (χ1v) is 9.84. The molecule has 0 saturated heterocycles.